The van der Waals surface area contributed by atoms with Crippen molar-refractivity contribution in [1.29, 1.82) is 0 Å². The van der Waals surface area contributed by atoms with Gasteiger partial charge < -0.3 is 15.5 Å². The van der Waals surface area contributed by atoms with E-state index in [4.69, 9.17) is 0 Å². The number of aromatic hydroxyl groups is 1. The molecule has 2 heterocycles. The third kappa shape index (κ3) is 3.83. The zero-order valence-corrected chi connectivity index (χ0v) is 16.5. The van der Waals surface area contributed by atoms with Crippen molar-refractivity contribution >= 4 is 16.6 Å². The third-order valence-electron chi connectivity index (χ3n) is 4.92. The first-order valence-electron chi connectivity index (χ1n) is 9.05. The summed E-state index contributed by atoms with van der Waals surface area (Å²) in [7, 11) is 0. The highest BCUT2D eigenvalue weighted by molar-refractivity contribution is 5.86. The van der Waals surface area contributed by atoms with Gasteiger partial charge in [0.05, 0.1) is 17.0 Å². The minimum atomic E-state index is -0.520. The lowest BCUT2D eigenvalue weighted by atomic mass is 9.91. The lowest BCUT2D eigenvalue weighted by Gasteiger charge is -2.24. The zero-order chi connectivity index (χ0) is 20.5. The van der Waals surface area contributed by atoms with Crippen molar-refractivity contribution in [3.63, 3.8) is 0 Å². The highest BCUT2D eigenvalue weighted by Gasteiger charge is 2.22. The predicted molar refractivity (Wildman–Crippen MR) is 114 cm³/mol. The first-order chi connectivity index (χ1) is 13.2. The number of hydrogen-bond acceptors (Lipinski definition) is 5. The Labute approximate surface area is 165 Å². The molecule has 0 saturated heterocycles. The highest BCUT2D eigenvalue weighted by Crippen LogP contribution is 2.30. The molecule has 144 valence electrons. The van der Waals surface area contributed by atoms with Gasteiger partial charge in [-0.1, -0.05) is 45.2 Å². The fraction of sp³-hybridized carbons (Fsp3) is 0.217. The molecule has 5 heteroatoms. The molecule has 0 atom stereocenters. The molecule has 3 rings (SSSR count). The van der Waals surface area contributed by atoms with Crippen LogP contribution in [0.25, 0.3) is 27.7 Å². The Morgan fingerprint density at radius 3 is 2.46 bits per heavy atom. The predicted octanol–water partition coefficient (Wildman–Crippen LogP) is 4.97. The Balaban J connectivity index is 1.84. The molecule has 0 bridgehead atoms. The number of benzene rings is 1. The summed E-state index contributed by atoms with van der Waals surface area (Å²) in [6.07, 6.45) is 3.48. The largest absolute Gasteiger partial charge is 0.512 e. The summed E-state index contributed by atoms with van der Waals surface area (Å²) in [5.74, 6) is 0.111. The lowest BCUT2D eigenvalue weighted by molar-refractivity contribution is 0.259. The molecule has 1 aromatic carbocycles. The summed E-state index contributed by atoms with van der Waals surface area (Å²) < 4.78 is 0. The zero-order valence-electron chi connectivity index (χ0n) is 16.5. The monoisotopic (exact) mass is 375 g/mol. The summed E-state index contributed by atoms with van der Waals surface area (Å²) in [5.41, 5.74) is 4.06. The standard InChI is InChI=1S/C23H25N3O2/c1-14-7-6-8-17-9-18(11-24-21(14)17)19-10-20(28)22(25-12-19)15(2)26-13-23(4,5)16(3)27/h6-12,26-28H,2-3,13H2,1,4-5H3. The Bertz CT molecular complexity index is 1070. The molecule has 0 amide bonds. The average molecular weight is 375 g/mol. The molecule has 0 aliphatic rings. The van der Waals surface area contributed by atoms with Gasteiger partial charge in [0, 0.05) is 40.9 Å². The van der Waals surface area contributed by atoms with Crippen molar-refractivity contribution in [2.24, 2.45) is 5.41 Å². The summed E-state index contributed by atoms with van der Waals surface area (Å²) in [5, 5.41) is 24.2. The summed E-state index contributed by atoms with van der Waals surface area (Å²) >= 11 is 0. The third-order valence-corrected chi connectivity index (χ3v) is 4.92. The van der Waals surface area contributed by atoms with Crippen molar-refractivity contribution in [2.75, 3.05) is 6.54 Å². The number of rotatable bonds is 6. The molecule has 0 spiro atoms. The molecule has 3 N–H and O–H groups in total. The van der Waals surface area contributed by atoms with E-state index in [1.54, 1.807) is 18.5 Å². The molecule has 0 radical (unpaired) electrons. The molecular weight excluding hydrogens is 350 g/mol. The minimum absolute atomic E-state index is 0.0278. The van der Waals surface area contributed by atoms with Gasteiger partial charge >= 0.3 is 0 Å². The first-order valence-corrected chi connectivity index (χ1v) is 9.05. The van der Waals surface area contributed by atoms with Crippen LogP contribution in [-0.2, 0) is 0 Å². The Morgan fingerprint density at radius 1 is 1.11 bits per heavy atom. The van der Waals surface area contributed by atoms with E-state index in [1.165, 1.54) is 0 Å². The molecule has 0 saturated carbocycles. The van der Waals surface area contributed by atoms with E-state index in [0.29, 0.717) is 17.9 Å². The van der Waals surface area contributed by atoms with Crippen LogP contribution in [0.5, 0.6) is 5.75 Å². The maximum atomic E-state index is 10.5. The fourth-order valence-electron chi connectivity index (χ4n) is 2.83. The first kappa shape index (κ1) is 19.4. The van der Waals surface area contributed by atoms with Crippen LogP contribution >= 0.6 is 0 Å². The van der Waals surface area contributed by atoms with Crippen molar-refractivity contribution in [1.82, 2.24) is 15.3 Å². The van der Waals surface area contributed by atoms with E-state index < -0.39 is 5.41 Å². The normalized spacial score (nSPS) is 11.4. The Morgan fingerprint density at radius 2 is 1.79 bits per heavy atom. The van der Waals surface area contributed by atoms with Crippen LogP contribution in [0, 0.1) is 12.3 Å². The number of pyridine rings is 2. The summed E-state index contributed by atoms with van der Waals surface area (Å²) in [6, 6.07) is 9.74. The van der Waals surface area contributed by atoms with Gasteiger partial charge in [0.1, 0.15) is 11.4 Å². The van der Waals surface area contributed by atoms with Gasteiger partial charge in [-0.15, -0.1) is 0 Å². The van der Waals surface area contributed by atoms with Crippen molar-refractivity contribution in [3.8, 4) is 16.9 Å². The molecule has 2 aromatic heterocycles. The van der Waals surface area contributed by atoms with Crippen LogP contribution < -0.4 is 5.32 Å². The van der Waals surface area contributed by atoms with E-state index >= 15 is 0 Å². The smallest absolute Gasteiger partial charge is 0.143 e. The number of nitrogens with zero attached hydrogens (tertiary/aromatic N) is 2. The second-order valence-electron chi connectivity index (χ2n) is 7.63. The molecule has 0 aliphatic carbocycles. The maximum Gasteiger partial charge on any atom is 0.143 e. The molecule has 28 heavy (non-hydrogen) atoms. The quantitative estimate of drug-likeness (QED) is 0.530. The van der Waals surface area contributed by atoms with Gasteiger partial charge in [-0.2, -0.15) is 0 Å². The maximum absolute atomic E-state index is 10.5. The topological polar surface area (TPSA) is 78.3 Å². The number of aliphatic hydroxyl groups is 1. The van der Waals surface area contributed by atoms with Gasteiger partial charge in [0.2, 0.25) is 0 Å². The minimum Gasteiger partial charge on any atom is -0.512 e. The number of hydrogen-bond donors (Lipinski definition) is 3. The van der Waals surface area contributed by atoms with Gasteiger partial charge in [-0.3, -0.25) is 9.97 Å². The molecule has 0 aliphatic heterocycles. The summed E-state index contributed by atoms with van der Waals surface area (Å²) in [4.78, 5) is 8.92. The van der Waals surface area contributed by atoms with E-state index in [1.807, 2.05) is 45.0 Å². The Hall–Kier alpha value is -3.34. The van der Waals surface area contributed by atoms with E-state index in [2.05, 4.69) is 28.4 Å². The van der Waals surface area contributed by atoms with Crippen molar-refractivity contribution < 1.29 is 10.2 Å². The molecule has 5 nitrogen and oxygen atoms in total. The fourth-order valence-corrected chi connectivity index (χ4v) is 2.83. The number of fused-ring (bicyclic) bond motifs is 1. The lowest BCUT2D eigenvalue weighted by Crippen LogP contribution is -2.29. The van der Waals surface area contributed by atoms with E-state index in [-0.39, 0.29) is 11.5 Å². The van der Waals surface area contributed by atoms with Crippen LogP contribution in [0.3, 0.4) is 0 Å². The van der Waals surface area contributed by atoms with Crippen LogP contribution in [0.15, 0.2) is 61.6 Å². The highest BCUT2D eigenvalue weighted by atomic mass is 16.3. The second kappa shape index (κ2) is 7.35. The van der Waals surface area contributed by atoms with Crippen molar-refractivity contribution in [3.05, 3.63) is 72.9 Å². The number of aliphatic hydroxyl groups excluding tert-OH is 1. The SMILES string of the molecule is C=C(NCC(C)(C)C(=C)O)c1ncc(-c2cnc3c(C)cccc3c2)cc1O. The van der Waals surface area contributed by atoms with Gasteiger partial charge in [-0.25, -0.2) is 0 Å². The van der Waals surface area contributed by atoms with Crippen molar-refractivity contribution in [2.45, 2.75) is 20.8 Å². The van der Waals surface area contributed by atoms with Crippen LogP contribution in [0.1, 0.15) is 25.1 Å². The number of nitrogens with one attached hydrogen (secondary N) is 1. The molecular formula is C23H25N3O2. The van der Waals surface area contributed by atoms with Gasteiger partial charge in [-0.05, 0) is 24.6 Å². The second-order valence-corrected chi connectivity index (χ2v) is 7.63. The van der Waals surface area contributed by atoms with Gasteiger partial charge in [0.25, 0.3) is 0 Å². The van der Waals surface area contributed by atoms with Crippen LogP contribution in [0.4, 0.5) is 0 Å². The number of para-hydroxylation sites is 1. The number of aromatic nitrogens is 2. The average Bonchev–Trinajstić information content (AvgIpc) is 2.66. The molecule has 0 unspecified atom stereocenters. The number of aryl methyl sites for hydroxylation is 1. The Kier molecular flexibility index (Phi) is 5.10. The molecule has 3 aromatic rings. The van der Waals surface area contributed by atoms with Gasteiger partial charge in [0.15, 0.2) is 0 Å². The van der Waals surface area contributed by atoms with E-state index in [9.17, 15) is 10.2 Å². The van der Waals surface area contributed by atoms with Crippen LogP contribution in [0.2, 0.25) is 0 Å². The summed E-state index contributed by atoms with van der Waals surface area (Å²) in [6.45, 7) is 13.7. The van der Waals surface area contributed by atoms with E-state index in [0.717, 1.165) is 27.6 Å². The van der Waals surface area contributed by atoms with Crippen LogP contribution in [-0.4, -0.2) is 26.7 Å². The molecule has 0 fully saturated rings.